The maximum atomic E-state index is 12.1. The number of rotatable bonds is 3. The lowest BCUT2D eigenvalue weighted by atomic mass is 10.1. The number of carbonyl (C=O) groups is 1. The van der Waals surface area contributed by atoms with Crippen LogP contribution in [0.15, 0.2) is 59.7 Å². The van der Waals surface area contributed by atoms with E-state index in [0.717, 1.165) is 5.56 Å². The molecule has 108 valence electrons. The highest BCUT2D eigenvalue weighted by atomic mass is 16.3. The fraction of sp³-hybridized carbons (Fsp3) is 0.0556. The number of benzene rings is 2. The zero-order chi connectivity index (χ0) is 15.5. The molecule has 3 aromatic rings. The second kappa shape index (κ2) is 5.77. The largest absolute Gasteiger partial charge is 0.506 e. The predicted molar refractivity (Wildman–Crippen MR) is 87.1 cm³/mol. The van der Waals surface area contributed by atoms with Gasteiger partial charge in [0.15, 0.2) is 0 Å². The summed E-state index contributed by atoms with van der Waals surface area (Å²) in [7, 11) is 0. The van der Waals surface area contributed by atoms with E-state index >= 15 is 0 Å². The lowest BCUT2D eigenvalue weighted by Crippen LogP contribution is -1.99. The Morgan fingerprint density at radius 1 is 1.14 bits per heavy atom. The third-order valence-corrected chi connectivity index (χ3v) is 3.38. The first-order valence-corrected chi connectivity index (χ1v) is 6.87. The molecule has 1 N–H and O–H groups in total. The quantitative estimate of drug-likeness (QED) is 0.589. The molecule has 22 heavy (non-hydrogen) atoms. The number of phenols is 1. The Morgan fingerprint density at radius 3 is 2.68 bits per heavy atom. The molecule has 4 heteroatoms. The molecule has 0 bridgehead atoms. The van der Waals surface area contributed by atoms with E-state index in [9.17, 15) is 9.90 Å². The van der Waals surface area contributed by atoms with Crippen LogP contribution in [0.4, 0.5) is 5.69 Å². The molecule has 2 aromatic carbocycles. The SMILES string of the molecule is Cc1ccc(C(=O)/C=N/c2ccc(O)c3ncccc23)cc1. The summed E-state index contributed by atoms with van der Waals surface area (Å²) in [6, 6.07) is 14.1. The van der Waals surface area contributed by atoms with E-state index in [1.807, 2.05) is 25.1 Å². The van der Waals surface area contributed by atoms with E-state index in [0.29, 0.717) is 22.2 Å². The lowest BCUT2D eigenvalue weighted by Gasteiger charge is -2.03. The molecule has 1 aromatic heterocycles. The van der Waals surface area contributed by atoms with E-state index in [1.54, 1.807) is 30.5 Å². The predicted octanol–water partition coefficient (Wildman–Crippen LogP) is 3.83. The van der Waals surface area contributed by atoms with Crippen LogP contribution in [0.3, 0.4) is 0 Å². The first-order chi connectivity index (χ1) is 10.6. The van der Waals surface area contributed by atoms with Crippen molar-refractivity contribution < 1.29 is 9.90 Å². The van der Waals surface area contributed by atoms with Gasteiger partial charge in [-0.25, -0.2) is 0 Å². The summed E-state index contributed by atoms with van der Waals surface area (Å²) in [5, 5.41) is 10.5. The van der Waals surface area contributed by atoms with Gasteiger partial charge in [0.2, 0.25) is 5.78 Å². The molecule has 0 unspecified atom stereocenters. The number of aromatic hydroxyl groups is 1. The van der Waals surface area contributed by atoms with Gasteiger partial charge in [0.05, 0.1) is 11.9 Å². The van der Waals surface area contributed by atoms with Crippen LogP contribution in [0.25, 0.3) is 10.9 Å². The topological polar surface area (TPSA) is 62.5 Å². The van der Waals surface area contributed by atoms with E-state index in [2.05, 4.69) is 9.98 Å². The van der Waals surface area contributed by atoms with Crippen molar-refractivity contribution >= 4 is 28.6 Å². The number of aryl methyl sites for hydroxylation is 1. The maximum absolute atomic E-state index is 12.1. The zero-order valence-electron chi connectivity index (χ0n) is 12.0. The van der Waals surface area contributed by atoms with Gasteiger partial charge >= 0.3 is 0 Å². The number of fused-ring (bicyclic) bond motifs is 1. The zero-order valence-corrected chi connectivity index (χ0v) is 12.0. The molecule has 1 heterocycles. The van der Waals surface area contributed by atoms with Gasteiger partial charge in [0.1, 0.15) is 11.3 Å². The molecule has 0 atom stereocenters. The van der Waals surface area contributed by atoms with E-state index in [1.165, 1.54) is 12.3 Å². The Kier molecular flexibility index (Phi) is 3.66. The number of nitrogens with zero attached hydrogens (tertiary/aromatic N) is 2. The summed E-state index contributed by atoms with van der Waals surface area (Å²) in [6.45, 7) is 1.97. The fourth-order valence-corrected chi connectivity index (χ4v) is 2.18. The minimum Gasteiger partial charge on any atom is -0.506 e. The average molecular weight is 290 g/mol. The van der Waals surface area contributed by atoms with Crippen LogP contribution < -0.4 is 0 Å². The molecule has 0 amide bonds. The Bertz CT molecular complexity index is 868. The number of hydrogen-bond donors (Lipinski definition) is 1. The third kappa shape index (κ3) is 2.72. The van der Waals surface area contributed by atoms with Gasteiger partial charge in [-0.2, -0.15) is 0 Å². The highest BCUT2D eigenvalue weighted by Crippen LogP contribution is 2.30. The van der Waals surface area contributed by atoms with Crippen LogP contribution in [0, 0.1) is 6.92 Å². The molecule has 0 radical (unpaired) electrons. The molecule has 0 aliphatic rings. The molecule has 0 spiro atoms. The minimum atomic E-state index is -0.162. The normalized spacial score (nSPS) is 11.1. The van der Waals surface area contributed by atoms with E-state index in [-0.39, 0.29) is 11.5 Å². The fourth-order valence-electron chi connectivity index (χ4n) is 2.18. The maximum Gasteiger partial charge on any atom is 0.204 e. The molecular weight excluding hydrogens is 276 g/mol. The summed E-state index contributed by atoms with van der Waals surface area (Å²) in [5.74, 6) is -0.0653. The Hall–Kier alpha value is -3.01. The summed E-state index contributed by atoms with van der Waals surface area (Å²) in [6.07, 6.45) is 2.90. The minimum absolute atomic E-state index is 0.0967. The van der Waals surface area contributed by atoms with Crippen molar-refractivity contribution in [2.24, 2.45) is 4.99 Å². The number of phenolic OH excluding ortho intramolecular Hbond substituents is 1. The van der Waals surface area contributed by atoms with Crippen molar-refractivity contribution in [3.05, 3.63) is 65.9 Å². The third-order valence-electron chi connectivity index (χ3n) is 3.38. The summed E-state index contributed by atoms with van der Waals surface area (Å²) < 4.78 is 0. The molecule has 0 saturated heterocycles. The van der Waals surface area contributed by atoms with Crippen molar-refractivity contribution in [2.45, 2.75) is 6.92 Å². The van der Waals surface area contributed by atoms with Gasteiger partial charge in [-0.05, 0) is 31.2 Å². The molecule has 3 rings (SSSR count). The van der Waals surface area contributed by atoms with Gasteiger partial charge < -0.3 is 5.11 Å². The van der Waals surface area contributed by atoms with Crippen molar-refractivity contribution in [1.82, 2.24) is 4.98 Å². The van der Waals surface area contributed by atoms with Crippen molar-refractivity contribution in [2.75, 3.05) is 0 Å². The number of aromatic nitrogens is 1. The Balaban J connectivity index is 1.94. The van der Waals surface area contributed by atoms with Crippen molar-refractivity contribution in [3.8, 4) is 5.75 Å². The second-order valence-corrected chi connectivity index (χ2v) is 4.99. The van der Waals surface area contributed by atoms with Crippen LogP contribution in [0.2, 0.25) is 0 Å². The molecule has 4 nitrogen and oxygen atoms in total. The number of aliphatic imine (C=N–C) groups is 1. The van der Waals surface area contributed by atoms with Gasteiger partial charge in [0, 0.05) is 17.1 Å². The van der Waals surface area contributed by atoms with Crippen LogP contribution in [0.1, 0.15) is 15.9 Å². The van der Waals surface area contributed by atoms with Crippen LogP contribution in [0.5, 0.6) is 5.75 Å². The average Bonchev–Trinajstić information content (AvgIpc) is 2.55. The molecule has 0 aliphatic heterocycles. The van der Waals surface area contributed by atoms with Crippen LogP contribution in [-0.4, -0.2) is 22.1 Å². The number of hydrogen-bond acceptors (Lipinski definition) is 4. The summed E-state index contributed by atoms with van der Waals surface area (Å²) in [4.78, 5) is 20.5. The van der Waals surface area contributed by atoms with Crippen LogP contribution >= 0.6 is 0 Å². The highest BCUT2D eigenvalue weighted by Gasteiger charge is 2.06. The van der Waals surface area contributed by atoms with Crippen LogP contribution in [-0.2, 0) is 0 Å². The Morgan fingerprint density at radius 2 is 1.91 bits per heavy atom. The number of carbonyl (C=O) groups excluding carboxylic acids is 1. The van der Waals surface area contributed by atoms with Gasteiger partial charge in [0.25, 0.3) is 0 Å². The number of pyridine rings is 1. The first-order valence-electron chi connectivity index (χ1n) is 6.87. The second-order valence-electron chi connectivity index (χ2n) is 4.99. The molecule has 0 aliphatic carbocycles. The Labute approximate surface area is 127 Å². The lowest BCUT2D eigenvalue weighted by molar-refractivity contribution is 0.107. The summed E-state index contributed by atoms with van der Waals surface area (Å²) >= 11 is 0. The first kappa shape index (κ1) is 13.9. The molecule has 0 fully saturated rings. The molecular formula is C18H14N2O2. The monoisotopic (exact) mass is 290 g/mol. The van der Waals surface area contributed by atoms with Gasteiger partial charge in [-0.1, -0.05) is 29.8 Å². The smallest absolute Gasteiger partial charge is 0.204 e. The van der Waals surface area contributed by atoms with E-state index in [4.69, 9.17) is 0 Å². The van der Waals surface area contributed by atoms with Crippen molar-refractivity contribution in [1.29, 1.82) is 0 Å². The van der Waals surface area contributed by atoms with Gasteiger partial charge in [-0.15, -0.1) is 0 Å². The van der Waals surface area contributed by atoms with E-state index < -0.39 is 0 Å². The van der Waals surface area contributed by atoms with Crippen molar-refractivity contribution in [3.63, 3.8) is 0 Å². The number of Topliss-reactive ketones (excluding diaryl/α,β-unsaturated/α-hetero) is 1. The standard InChI is InChI=1S/C18H14N2O2/c1-12-4-6-13(7-5-12)17(22)11-20-15-8-9-16(21)18-14(15)3-2-10-19-18/h2-11,21H,1H3/b20-11+. The van der Waals surface area contributed by atoms with Gasteiger partial charge in [-0.3, -0.25) is 14.8 Å². The highest BCUT2D eigenvalue weighted by molar-refractivity contribution is 6.35. The summed E-state index contributed by atoms with van der Waals surface area (Å²) in [5.41, 5.74) is 2.76. The molecule has 0 saturated carbocycles. The number of ketones is 1.